The minimum atomic E-state index is -0.809. The fourth-order valence-corrected chi connectivity index (χ4v) is 1.40. The zero-order valence-electron chi connectivity index (χ0n) is 10.1. The van der Waals surface area contributed by atoms with E-state index in [1.54, 1.807) is 0 Å². The van der Waals surface area contributed by atoms with Crippen LogP contribution in [0.2, 0.25) is 0 Å². The monoisotopic (exact) mass is 251 g/mol. The van der Waals surface area contributed by atoms with Gasteiger partial charge in [-0.05, 0) is 18.4 Å². The van der Waals surface area contributed by atoms with Gasteiger partial charge in [0.25, 0.3) is 0 Å². The molecule has 1 aromatic carbocycles. The van der Waals surface area contributed by atoms with Crippen molar-refractivity contribution in [3.8, 4) is 0 Å². The van der Waals surface area contributed by atoms with Gasteiger partial charge in [-0.2, -0.15) is 5.48 Å². The van der Waals surface area contributed by atoms with Crippen molar-refractivity contribution in [3.05, 3.63) is 35.9 Å². The Kier molecular flexibility index (Phi) is 6.50. The van der Waals surface area contributed by atoms with Crippen LogP contribution in [0, 0.1) is 0 Å². The molecule has 1 aromatic rings. The number of hydrogen-bond acceptors (Lipinski definition) is 4. The average molecular weight is 251 g/mol. The molecule has 0 amide bonds. The molecule has 0 atom stereocenters. The molecule has 98 valence electrons. The lowest BCUT2D eigenvalue weighted by atomic mass is 10.2. The molecule has 0 saturated carbocycles. The highest BCUT2D eigenvalue weighted by Crippen LogP contribution is 2.00. The molecule has 0 aromatic heterocycles. The Bertz CT molecular complexity index is 378. The van der Waals surface area contributed by atoms with E-state index < -0.39 is 5.97 Å². The van der Waals surface area contributed by atoms with Crippen molar-refractivity contribution in [2.24, 2.45) is 0 Å². The molecule has 0 radical (unpaired) electrons. The van der Waals surface area contributed by atoms with Gasteiger partial charge in [0.2, 0.25) is 0 Å². The third-order valence-electron chi connectivity index (χ3n) is 2.30. The van der Waals surface area contributed by atoms with Crippen LogP contribution in [0.5, 0.6) is 0 Å². The Labute approximate surface area is 106 Å². The van der Waals surface area contributed by atoms with E-state index in [0.717, 1.165) is 5.56 Å². The lowest BCUT2D eigenvalue weighted by Gasteiger charge is -2.05. The molecule has 0 saturated heterocycles. The van der Waals surface area contributed by atoms with Crippen LogP contribution in [-0.2, 0) is 20.8 Å². The molecule has 5 nitrogen and oxygen atoms in total. The van der Waals surface area contributed by atoms with Crippen molar-refractivity contribution in [1.82, 2.24) is 5.48 Å². The van der Waals surface area contributed by atoms with Gasteiger partial charge in [0.05, 0.1) is 6.42 Å². The number of carboxylic acids is 1. The molecule has 0 aliphatic carbocycles. The zero-order valence-corrected chi connectivity index (χ0v) is 10.1. The summed E-state index contributed by atoms with van der Waals surface area (Å²) >= 11 is 0. The van der Waals surface area contributed by atoms with E-state index in [9.17, 15) is 9.59 Å². The van der Waals surface area contributed by atoms with Crippen molar-refractivity contribution in [3.63, 3.8) is 0 Å². The quantitative estimate of drug-likeness (QED) is 0.541. The maximum absolute atomic E-state index is 11.4. The molecule has 18 heavy (non-hydrogen) atoms. The van der Waals surface area contributed by atoms with Crippen molar-refractivity contribution >= 4 is 11.9 Å². The minimum Gasteiger partial charge on any atom is -0.481 e. The number of unbranched alkanes of at least 4 members (excludes halogenated alkanes) is 1. The van der Waals surface area contributed by atoms with Crippen LogP contribution < -0.4 is 5.48 Å². The first kappa shape index (κ1) is 14.2. The molecule has 0 heterocycles. The predicted molar refractivity (Wildman–Crippen MR) is 65.7 cm³/mol. The van der Waals surface area contributed by atoms with Crippen LogP contribution in [0.4, 0.5) is 0 Å². The van der Waals surface area contributed by atoms with Gasteiger partial charge in [0.1, 0.15) is 0 Å². The molecule has 2 N–H and O–H groups in total. The molecule has 0 unspecified atom stereocenters. The Morgan fingerprint density at radius 2 is 1.89 bits per heavy atom. The lowest BCUT2D eigenvalue weighted by Crippen LogP contribution is -2.22. The highest BCUT2D eigenvalue weighted by Gasteiger charge is 2.04. The number of rotatable bonds is 8. The zero-order chi connectivity index (χ0) is 13.2. The van der Waals surface area contributed by atoms with E-state index in [2.05, 4.69) is 5.48 Å². The molecule has 0 aliphatic rings. The van der Waals surface area contributed by atoms with Gasteiger partial charge in [0.15, 0.2) is 0 Å². The van der Waals surface area contributed by atoms with Gasteiger partial charge in [-0.15, -0.1) is 0 Å². The number of carbonyl (C=O) groups is 2. The maximum Gasteiger partial charge on any atom is 0.329 e. The number of hydrogen-bond donors (Lipinski definition) is 2. The van der Waals surface area contributed by atoms with E-state index in [1.165, 1.54) is 0 Å². The van der Waals surface area contributed by atoms with Gasteiger partial charge in [-0.1, -0.05) is 30.3 Å². The fraction of sp³-hybridized carbons (Fsp3) is 0.385. The summed E-state index contributed by atoms with van der Waals surface area (Å²) in [7, 11) is 0. The van der Waals surface area contributed by atoms with Crippen LogP contribution in [-0.4, -0.2) is 23.6 Å². The highest BCUT2D eigenvalue weighted by molar-refractivity contribution is 5.72. The summed E-state index contributed by atoms with van der Waals surface area (Å²) in [6.45, 7) is 0.466. The molecule has 1 rings (SSSR count). The van der Waals surface area contributed by atoms with Crippen molar-refractivity contribution in [2.75, 3.05) is 6.54 Å². The van der Waals surface area contributed by atoms with E-state index >= 15 is 0 Å². The van der Waals surface area contributed by atoms with Crippen LogP contribution in [0.3, 0.4) is 0 Å². The molecular weight excluding hydrogens is 234 g/mol. The number of carboxylic acid groups (broad SMARTS) is 1. The summed E-state index contributed by atoms with van der Waals surface area (Å²) in [5.41, 5.74) is 3.43. The molecule has 0 bridgehead atoms. The van der Waals surface area contributed by atoms with Gasteiger partial charge in [-0.25, -0.2) is 0 Å². The standard InChI is InChI=1S/C13H17NO4/c15-12(16)8-4-5-9-14-18-13(17)10-11-6-2-1-3-7-11/h1-3,6-7,14H,4-5,8-10H2,(H,15,16). The minimum absolute atomic E-state index is 0.139. The second kappa shape index (κ2) is 8.25. The number of benzene rings is 1. The topological polar surface area (TPSA) is 75.6 Å². The Balaban J connectivity index is 2.05. The van der Waals surface area contributed by atoms with Gasteiger partial charge in [0, 0.05) is 13.0 Å². The fourth-order valence-electron chi connectivity index (χ4n) is 1.40. The highest BCUT2D eigenvalue weighted by atomic mass is 16.7. The van der Waals surface area contributed by atoms with E-state index in [-0.39, 0.29) is 18.8 Å². The molecule has 0 fully saturated rings. The summed E-state index contributed by atoms with van der Waals surface area (Å²) in [5, 5.41) is 8.42. The van der Waals surface area contributed by atoms with Crippen LogP contribution in [0.25, 0.3) is 0 Å². The largest absolute Gasteiger partial charge is 0.481 e. The summed E-state index contributed by atoms with van der Waals surface area (Å²) < 4.78 is 0. The van der Waals surface area contributed by atoms with Crippen LogP contribution in [0.1, 0.15) is 24.8 Å². The number of nitrogens with one attached hydrogen (secondary N) is 1. The van der Waals surface area contributed by atoms with Gasteiger partial charge >= 0.3 is 11.9 Å². The van der Waals surface area contributed by atoms with E-state index in [1.807, 2.05) is 30.3 Å². The number of hydroxylamine groups is 1. The summed E-state index contributed by atoms with van der Waals surface area (Å²) in [6, 6.07) is 9.32. The molecular formula is C13H17NO4. The third kappa shape index (κ3) is 6.65. The first-order valence-electron chi connectivity index (χ1n) is 5.87. The molecule has 0 aliphatic heterocycles. The number of aliphatic carboxylic acids is 1. The van der Waals surface area contributed by atoms with E-state index in [4.69, 9.17) is 9.94 Å². The SMILES string of the molecule is O=C(O)CCCCNOC(=O)Cc1ccccc1. The lowest BCUT2D eigenvalue weighted by molar-refractivity contribution is -0.150. The normalized spacial score (nSPS) is 10.0. The predicted octanol–water partition coefficient (Wildman–Crippen LogP) is 1.53. The second-order valence-electron chi connectivity index (χ2n) is 3.88. The van der Waals surface area contributed by atoms with Crippen molar-refractivity contribution < 1.29 is 19.5 Å². The summed E-state index contributed by atoms with van der Waals surface area (Å²) in [6.07, 6.45) is 1.59. The Morgan fingerprint density at radius 1 is 1.17 bits per heavy atom. The smallest absolute Gasteiger partial charge is 0.329 e. The van der Waals surface area contributed by atoms with Crippen molar-refractivity contribution in [2.45, 2.75) is 25.7 Å². The second-order valence-corrected chi connectivity index (χ2v) is 3.88. The summed E-state index contributed by atoms with van der Waals surface area (Å²) in [4.78, 5) is 26.4. The van der Waals surface area contributed by atoms with E-state index in [0.29, 0.717) is 19.4 Å². The van der Waals surface area contributed by atoms with Crippen LogP contribution >= 0.6 is 0 Å². The Hall–Kier alpha value is -1.88. The third-order valence-corrected chi connectivity index (χ3v) is 2.30. The Morgan fingerprint density at radius 3 is 2.56 bits per heavy atom. The van der Waals surface area contributed by atoms with Gasteiger partial charge < -0.3 is 9.94 Å². The average Bonchev–Trinajstić information content (AvgIpc) is 2.34. The number of carbonyl (C=O) groups excluding carboxylic acids is 1. The van der Waals surface area contributed by atoms with Crippen molar-refractivity contribution in [1.29, 1.82) is 0 Å². The maximum atomic E-state index is 11.4. The first-order valence-corrected chi connectivity index (χ1v) is 5.87. The van der Waals surface area contributed by atoms with Crippen LogP contribution in [0.15, 0.2) is 30.3 Å². The molecule has 5 heteroatoms. The first-order chi connectivity index (χ1) is 8.68. The summed E-state index contributed by atoms with van der Waals surface area (Å²) in [5.74, 6) is -1.16. The molecule has 0 spiro atoms. The van der Waals surface area contributed by atoms with Gasteiger partial charge in [-0.3, -0.25) is 9.59 Å².